The molecule has 2 rings (SSSR count). The molecule has 0 unspecified atom stereocenters. The zero-order valence-electron chi connectivity index (χ0n) is 12.6. The minimum absolute atomic E-state index is 0.445. The highest BCUT2D eigenvalue weighted by atomic mass is 16.5. The third-order valence-electron chi connectivity index (χ3n) is 2.91. The highest BCUT2D eigenvalue weighted by Crippen LogP contribution is 2.23. The maximum Gasteiger partial charge on any atom is 0.130 e. The first-order valence-electron chi connectivity index (χ1n) is 6.97. The number of pyridine rings is 1. The standard InChI is InChI=1S/C17H22N2O/c1-12(2)19-11-15-10-16(5-6-18-15)20-17-8-13(3)7-14(4)9-17/h5-10,12,19H,11H2,1-4H3. The Morgan fingerprint density at radius 3 is 2.40 bits per heavy atom. The van der Waals surface area contributed by atoms with E-state index in [9.17, 15) is 0 Å². The molecule has 1 aromatic carbocycles. The zero-order valence-corrected chi connectivity index (χ0v) is 12.6. The van der Waals surface area contributed by atoms with Crippen molar-refractivity contribution in [2.24, 2.45) is 0 Å². The topological polar surface area (TPSA) is 34.1 Å². The molecule has 0 atom stereocenters. The van der Waals surface area contributed by atoms with E-state index in [1.54, 1.807) is 6.20 Å². The summed E-state index contributed by atoms with van der Waals surface area (Å²) in [5.74, 6) is 1.70. The third kappa shape index (κ3) is 4.35. The molecule has 0 saturated heterocycles. The van der Waals surface area contributed by atoms with Crippen LogP contribution in [0.15, 0.2) is 36.5 Å². The lowest BCUT2D eigenvalue weighted by Gasteiger charge is -2.10. The minimum Gasteiger partial charge on any atom is -0.457 e. The number of hydrogen-bond acceptors (Lipinski definition) is 3. The Labute approximate surface area is 121 Å². The van der Waals surface area contributed by atoms with Crippen molar-refractivity contribution in [1.29, 1.82) is 0 Å². The van der Waals surface area contributed by atoms with E-state index < -0.39 is 0 Å². The van der Waals surface area contributed by atoms with Crippen molar-refractivity contribution in [2.75, 3.05) is 0 Å². The first-order chi connectivity index (χ1) is 9.52. The van der Waals surface area contributed by atoms with Gasteiger partial charge in [0.15, 0.2) is 0 Å². The normalized spacial score (nSPS) is 10.8. The van der Waals surface area contributed by atoms with Gasteiger partial charge in [0.25, 0.3) is 0 Å². The minimum atomic E-state index is 0.445. The molecule has 0 bridgehead atoms. The average Bonchev–Trinajstić information content (AvgIpc) is 2.35. The lowest BCUT2D eigenvalue weighted by Crippen LogP contribution is -2.22. The van der Waals surface area contributed by atoms with Crippen LogP contribution in [-0.4, -0.2) is 11.0 Å². The fourth-order valence-corrected chi connectivity index (χ4v) is 2.05. The second-order valence-corrected chi connectivity index (χ2v) is 5.44. The van der Waals surface area contributed by atoms with Gasteiger partial charge >= 0.3 is 0 Å². The van der Waals surface area contributed by atoms with E-state index in [2.05, 4.69) is 44.1 Å². The van der Waals surface area contributed by atoms with Crippen LogP contribution in [0.4, 0.5) is 0 Å². The van der Waals surface area contributed by atoms with Crippen molar-refractivity contribution >= 4 is 0 Å². The Morgan fingerprint density at radius 1 is 1.05 bits per heavy atom. The molecule has 0 spiro atoms. The van der Waals surface area contributed by atoms with Gasteiger partial charge in [-0.3, -0.25) is 4.98 Å². The van der Waals surface area contributed by atoms with Crippen LogP contribution in [0.3, 0.4) is 0 Å². The van der Waals surface area contributed by atoms with Crippen LogP contribution in [0.1, 0.15) is 30.7 Å². The molecule has 1 heterocycles. The van der Waals surface area contributed by atoms with E-state index in [-0.39, 0.29) is 0 Å². The molecule has 0 amide bonds. The van der Waals surface area contributed by atoms with Crippen molar-refractivity contribution in [3.63, 3.8) is 0 Å². The molecule has 0 radical (unpaired) electrons. The number of aromatic nitrogens is 1. The summed E-state index contributed by atoms with van der Waals surface area (Å²) in [5.41, 5.74) is 3.40. The van der Waals surface area contributed by atoms with Gasteiger partial charge in [-0.05, 0) is 43.2 Å². The Hall–Kier alpha value is -1.87. The van der Waals surface area contributed by atoms with Gasteiger partial charge < -0.3 is 10.1 Å². The number of hydrogen-bond donors (Lipinski definition) is 1. The van der Waals surface area contributed by atoms with Crippen LogP contribution in [0.25, 0.3) is 0 Å². The Balaban J connectivity index is 2.11. The Morgan fingerprint density at radius 2 is 1.75 bits per heavy atom. The van der Waals surface area contributed by atoms with E-state index in [4.69, 9.17) is 4.74 Å². The molecule has 1 N–H and O–H groups in total. The molecule has 0 fully saturated rings. The maximum absolute atomic E-state index is 5.92. The molecule has 3 nitrogen and oxygen atoms in total. The first-order valence-corrected chi connectivity index (χ1v) is 6.97. The summed E-state index contributed by atoms with van der Waals surface area (Å²) >= 11 is 0. The van der Waals surface area contributed by atoms with Crippen molar-refractivity contribution in [1.82, 2.24) is 10.3 Å². The number of benzene rings is 1. The second-order valence-electron chi connectivity index (χ2n) is 5.44. The van der Waals surface area contributed by atoms with Crippen LogP contribution in [0.5, 0.6) is 11.5 Å². The zero-order chi connectivity index (χ0) is 14.5. The van der Waals surface area contributed by atoms with Crippen molar-refractivity contribution in [3.8, 4) is 11.5 Å². The summed E-state index contributed by atoms with van der Waals surface area (Å²) in [6.07, 6.45) is 1.79. The van der Waals surface area contributed by atoms with Crippen molar-refractivity contribution in [2.45, 2.75) is 40.3 Å². The van der Waals surface area contributed by atoms with Gasteiger partial charge in [0.2, 0.25) is 0 Å². The smallest absolute Gasteiger partial charge is 0.130 e. The van der Waals surface area contributed by atoms with E-state index in [0.717, 1.165) is 23.7 Å². The van der Waals surface area contributed by atoms with Crippen LogP contribution in [-0.2, 0) is 6.54 Å². The summed E-state index contributed by atoms with van der Waals surface area (Å²) in [4.78, 5) is 4.35. The lowest BCUT2D eigenvalue weighted by atomic mass is 10.1. The molecule has 0 aliphatic carbocycles. The number of nitrogens with zero attached hydrogens (tertiary/aromatic N) is 1. The van der Waals surface area contributed by atoms with E-state index in [0.29, 0.717) is 6.04 Å². The van der Waals surface area contributed by atoms with Gasteiger partial charge in [0.1, 0.15) is 11.5 Å². The predicted octanol–water partition coefficient (Wildman–Crippen LogP) is 3.99. The number of nitrogens with one attached hydrogen (secondary N) is 1. The summed E-state index contributed by atoms with van der Waals surface area (Å²) in [6.45, 7) is 9.14. The average molecular weight is 270 g/mol. The van der Waals surface area contributed by atoms with Gasteiger partial charge in [-0.1, -0.05) is 19.9 Å². The van der Waals surface area contributed by atoms with Gasteiger partial charge in [-0.15, -0.1) is 0 Å². The van der Waals surface area contributed by atoms with Crippen molar-refractivity contribution in [3.05, 3.63) is 53.3 Å². The van der Waals surface area contributed by atoms with Gasteiger partial charge in [-0.25, -0.2) is 0 Å². The van der Waals surface area contributed by atoms with E-state index >= 15 is 0 Å². The maximum atomic E-state index is 5.92. The van der Waals surface area contributed by atoms with Crippen LogP contribution in [0, 0.1) is 13.8 Å². The first kappa shape index (κ1) is 14.5. The number of rotatable bonds is 5. The van der Waals surface area contributed by atoms with Crippen LogP contribution >= 0.6 is 0 Å². The summed E-state index contributed by atoms with van der Waals surface area (Å²) in [6, 6.07) is 10.5. The molecule has 0 aliphatic heterocycles. The van der Waals surface area contributed by atoms with Gasteiger partial charge in [0, 0.05) is 24.8 Å². The summed E-state index contributed by atoms with van der Waals surface area (Å²) in [5, 5.41) is 3.35. The third-order valence-corrected chi connectivity index (χ3v) is 2.91. The second kappa shape index (κ2) is 6.53. The molecule has 106 valence electrons. The largest absolute Gasteiger partial charge is 0.457 e. The highest BCUT2D eigenvalue weighted by molar-refractivity contribution is 5.37. The number of aryl methyl sites for hydroxylation is 2. The molecular formula is C17H22N2O. The predicted molar refractivity (Wildman–Crippen MR) is 82.2 cm³/mol. The quantitative estimate of drug-likeness (QED) is 0.892. The summed E-state index contributed by atoms with van der Waals surface area (Å²) < 4.78 is 5.92. The van der Waals surface area contributed by atoms with Crippen LogP contribution in [0.2, 0.25) is 0 Å². The molecule has 2 aromatic rings. The van der Waals surface area contributed by atoms with Crippen molar-refractivity contribution < 1.29 is 4.74 Å². The van der Waals surface area contributed by atoms with E-state index in [1.165, 1.54) is 11.1 Å². The molecule has 0 saturated carbocycles. The fraction of sp³-hybridized carbons (Fsp3) is 0.353. The SMILES string of the molecule is Cc1cc(C)cc(Oc2ccnc(CNC(C)C)c2)c1. The van der Waals surface area contributed by atoms with E-state index in [1.807, 2.05) is 24.3 Å². The lowest BCUT2D eigenvalue weighted by molar-refractivity contribution is 0.478. The van der Waals surface area contributed by atoms with Crippen LogP contribution < -0.4 is 10.1 Å². The Bertz CT molecular complexity index is 559. The number of ether oxygens (including phenoxy) is 1. The fourth-order valence-electron chi connectivity index (χ4n) is 2.05. The molecule has 1 aromatic heterocycles. The molecular weight excluding hydrogens is 248 g/mol. The monoisotopic (exact) mass is 270 g/mol. The molecule has 20 heavy (non-hydrogen) atoms. The van der Waals surface area contributed by atoms with Gasteiger partial charge in [0.05, 0.1) is 5.69 Å². The summed E-state index contributed by atoms with van der Waals surface area (Å²) in [7, 11) is 0. The molecule has 3 heteroatoms. The van der Waals surface area contributed by atoms with Gasteiger partial charge in [-0.2, -0.15) is 0 Å². The highest BCUT2D eigenvalue weighted by Gasteiger charge is 2.02. The Kier molecular flexibility index (Phi) is 4.74. The molecule has 0 aliphatic rings.